The largest absolute Gasteiger partial charge is 0.439 e. The third-order valence-electron chi connectivity index (χ3n) is 2.05. The number of halogens is 2. The summed E-state index contributed by atoms with van der Waals surface area (Å²) < 4.78 is 19.1. The molecule has 0 bridgehead atoms. The van der Waals surface area contributed by atoms with Crippen LogP contribution in [0.4, 0.5) is 4.39 Å². The monoisotopic (exact) mass is 281 g/mol. The summed E-state index contributed by atoms with van der Waals surface area (Å²) in [5, 5.41) is 0. The van der Waals surface area contributed by atoms with Crippen LogP contribution in [0, 0.1) is 12.7 Å². The summed E-state index contributed by atoms with van der Waals surface area (Å²) in [6, 6.07) is 8.47. The molecule has 0 aliphatic carbocycles. The van der Waals surface area contributed by atoms with E-state index in [9.17, 15) is 4.39 Å². The van der Waals surface area contributed by atoms with E-state index in [2.05, 4.69) is 20.9 Å². The van der Waals surface area contributed by atoms with Crippen molar-refractivity contribution in [2.75, 3.05) is 0 Å². The molecule has 0 saturated carbocycles. The molecule has 4 heteroatoms. The van der Waals surface area contributed by atoms with Gasteiger partial charge in [-0.3, -0.25) is 0 Å². The highest BCUT2D eigenvalue weighted by Gasteiger charge is 2.03. The lowest BCUT2D eigenvalue weighted by Gasteiger charge is -2.07. The van der Waals surface area contributed by atoms with Crippen molar-refractivity contribution in [3.8, 4) is 11.6 Å². The van der Waals surface area contributed by atoms with Gasteiger partial charge in [0.05, 0.1) is 6.20 Å². The van der Waals surface area contributed by atoms with Gasteiger partial charge in [-0.05, 0) is 36.8 Å². The number of benzene rings is 1. The molecule has 1 heterocycles. The highest BCUT2D eigenvalue weighted by Crippen LogP contribution is 2.26. The van der Waals surface area contributed by atoms with Gasteiger partial charge in [0, 0.05) is 10.5 Å². The molecule has 0 atom stereocenters. The lowest BCUT2D eigenvalue weighted by molar-refractivity contribution is 0.456. The molecule has 82 valence electrons. The van der Waals surface area contributed by atoms with E-state index in [1.165, 1.54) is 12.1 Å². The van der Waals surface area contributed by atoms with E-state index in [0.717, 1.165) is 16.2 Å². The van der Waals surface area contributed by atoms with Gasteiger partial charge in [-0.25, -0.2) is 9.37 Å². The van der Waals surface area contributed by atoms with Gasteiger partial charge in [0.25, 0.3) is 0 Å². The SMILES string of the molecule is Cc1cc(Br)ccc1Oc1ccc(F)cn1. The molecule has 16 heavy (non-hydrogen) atoms. The highest BCUT2D eigenvalue weighted by molar-refractivity contribution is 9.10. The number of ether oxygens (including phenoxy) is 1. The molecule has 1 aromatic carbocycles. The third kappa shape index (κ3) is 2.58. The molecular formula is C12H9BrFNO. The Morgan fingerprint density at radius 1 is 1.25 bits per heavy atom. The Kier molecular flexibility index (Phi) is 3.19. The Balaban J connectivity index is 2.23. The van der Waals surface area contributed by atoms with Crippen LogP contribution >= 0.6 is 15.9 Å². The molecule has 1 aromatic heterocycles. The van der Waals surface area contributed by atoms with Gasteiger partial charge in [0.15, 0.2) is 0 Å². The van der Waals surface area contributed by atoms with Crippen LogP contribution in [0.25, 0.3) is 0 Å². The smallest absolute Gasteiger partial charge is 0.219 e. The summed E-state index contributed by atoms with van der Waals surface area (Å²) in [5.74, 6) is 0.717. The van der Waals surface area contributed by atoms with E-state index < -0.39 is 0 Å². The zero-order valence-corrected chi connectivity index (χ0v) is 10.2. The van der Waals surface area contributed by atoms with Crippen molar-refractivity contribution in [2.24, 2.45) is 0 Å². The first-order valence-electron chi connectivity index (χ1n) is 4.71. The fourth-order valence-corrected chi connectivity index (χ4v) is 1.74. The molecule has 0 spiro atoms. The summed E-state index contributed by atoms with van der Waals surface area (Å²) in [6.07, 6.45) is 1.13. The molecule has 0 fully saturated rings. The lowest BCUT2D eigenvalue weighted by atomic mass is 10.2. The molecule has 2 nitrogen and oxygen atoms in total. The number of aromatic nitrogens is 1. The molecular weight excluding hydrogens is 273 g/mol. The minimum atomic E-state index is -0.375. The van der Waals surface area contributed by atoms with Crippen LogP contribution in [0.5, 0.6) is 11.6 Å². The molecule has 0 aliphatic heterocycles. The minimum absolute atomic E-state index is 0.375. The second kappa shape index (κ2) is 4.61. The summed E-state index contributed by atoms with van der Waals surface area (Å²) >= 11 is 3.37. The Hall–Kier alpha value is -1.42. The van der Waals surface area contributed by atoms with Gasteiger partial charge in [-0.2, -0.15) is 0 Å². The van der Waals surface area contributed by atoms with Crippen molar-refractivity contribution >= 4 is 15.9 Å². The number of rotatable bonds is 2. The summed E-state index contributed by atoms with van der Waals surface area (Å²) in [5.41, 5.74) is 0.987. The van der Waals surface area contributed by atoms with Gasteiger partial charge >= 0.3 is 0 Å². The summed E-state index contributed by atoms with van der Waals surface area (Å²) in [4.78, 5) is 3.83. The Labute approximate surface area is 101 Å². The number of pyridine rings is 1. The zero-order chi connectivity index (χ0) is 11.5. The van der Waals surface area contributed by atoms with Crippen molar-refractivity contribution in [1.29, 1.82) is 0 Å². The minimum Gasteiger partial charge on any atom is -0.439 e. The normalized spacial score (nSPS) is 10.2. The van der Waals surface area contributed by atoms with Gasteiger partial charge in [0.2, 0.25) is 5.88 Å². The van der Waals surface area contributed by atoms with Gasteiger partial charge in [-0.15, -0.1) is 0 Å². The summed E-state index contributed by atoms with van der Waals surface area (Å²) in [6.45, 7) is 1.93. The van der Waals surface area contributed by atoms with Crippen LogP contribution in [0.15, 0.2) is 41.0 Å². The quantitative estimate of drug-likeness (QED) is 0.827. The van der Waals surface area contributed by atoms with Crippen LogP contribution in [0.3, 0.4) is 0 Å². The maximum absolute atomic E-state index is 12.6. The van der Waals surface area contributed by atoms with E-state index in [0.29, 0.717) is 11.6 Å². The van der Waals surface area contributed by atoms with Gasteiger partial charge in [0.1, 0.15) is 11.6 Å². The topological polar surface area (TPSA) is 22.1 Å². The van der Waals surface area contributed by atoms with Crippen molar-refractivity contribution < 1.29 is 9.13 Å². The molecule has 0 N–H and O–H groups in total. The molecule has 0 saturated heterocycles. The Morgan fingerprint density at radius 2 is 2.06 bits per heavy atom. The van der Waals surface area contributed by atoms with Crippen LogP contribution in [-0.2, 0) is 0 Å². The van der Waals surface area contributed by atoms with E-state index >= 15 is 0 Å². The zero-order valence-electron chi connectivity index (χ0n) is 8.58. The average molecular weight is 282 g/mol. The second-order valence-electron chi connectivity index (χ2n) is 3.33. The third-order valence-corrected chi connectivity index (χ3v) is 2.55. The lowest BCUT2D eigenvalue weighted by Crippen LogP contribution is -1.90. The summed E-state index contributed by atoms with van der Waals surface area (Å²) in [7, 11) is 0. The maximum Gasteiger partial charge on any atom is 0.219 e. The van der Waals surface area contributed by atoms with E-state index in [1.807, 2.05) is 25.1 Å². The molecule has 2 rings (SSSR count). The fraction of sp³-hybridized carbons (Fsp3) is 0.0833. The van der Waals surface area contributed by atoms with Crippen molar-refractivity contribution in [3.63, 3.8) is 0 Å². The maximum atomic E-state index is 12.6. The number of hydrogen-bond acceptors (Lipinski definition) is 2. The molecule has 0 amide bonds. The van der Waals surface area contributed by atoms with Crippen molar-refractivity contribution in [1.82, 2.24) is 4.98 Å². The van der Waals surface area contributed by atoms with Crippen molar-refractivity contribution in [3.05, 3.63) is 52.4 Å². The predicted molar refractivity (Wildman–Crippen MR) is 63.1 cm³/mol. The molecule has 0 aliphatic rings. The first-order chi connectivity index (χ1) is 7.65. The average Bonchev–Trinajstić information content (AvgIpc) is 2.25. The predicted octanol–water partition coefficient (Wildman–Crippen LogP) is 4.08. The van der Waals surface area contributed by atoms with Crippen LogP contribution in [0.1, 0.15) is 5.56 Å². The van der Waals surface area contributed by atoms with Gasteiger partial charge in [-0.1, -0.05) is 15.9 Å². The fourth-order valence-electron chi connectivity index (χ4n) is 1.26. The number of hydrogen-bond donors (Lipinski definition) is 0. The standard InChI is InChI=1S/C12H9BrFNO/c1-8-6-9(13)2-4-11(8)16-12-5-3-10(14)7-15-12/h2-7H,1H3. The number of aryl methyl sites for hydroxylation is 1. The Morgan fingerprint density at radius 3 is 2.69 bits per heavy atom. The van der Waals surface area contributed by atoms with Crippen LogP contribution in [-0.4, -0.2) is 4.98 Å². The second-order valence-corrected chi connectivity index (χ2v) is 4.24. The van der Waals surface area contributed by atoms with Crippen molar-refractivity contribution in [2.45, 2.75) is 6.92 Å². The molecule has 0 radical (unpaired) electrons. The first kappa shape index (κ1) is 11.1. The molecule has 2 aromatic rings. The number of nitrogens with zero attached hydrogens (tertiary/aromatic N) is 1. The van der Waals surface area contributed by atoms with Crippen LogP contribution in [0.2, 0.25) is 0 Å². The first-order valence-corrected chi connectivity index (χ1v) is 5.50. The van der Waals surface area contributed by atoms with E-state index in [1.54, 1.807) is 0 Å². The van der Waals surface area contributed by atoms with Crippen LogP contribution < -0.4 is 4.74 Å². The van der Waals surface area contributed by atoms with E-state index in [-0.39, 0.29) is 5.82 Å². The van der Waals surface area contributed by atoms with E-state index in [4.69, 9.17) is 4.74 Å². The highest BCUT2D eigenvalue weighted by atomic mass is 79.9. The van der Waals surface area contributed by atoms with Gasteiger partial charge < -0.3 is 4.74 Å². The molecule has 0 unspecified atom stereocenters. The Bertz CT molecular complexity index is 499.